The number of carbonyl (C=O) groups excluding carboxylic acids is 3. The number of urea groups is 1. The van der Waals surface area contributed by atoms with Crippen molar-refractivity contribution in [2.45, 2.75) is 78.3 Å². The van der Waals surface area contributed by atoms with Crippen LogP contribution in [-0.4, -0.2) is 59.4 Å². The van der Waals surface area contributed by atoms with Crippen molar-refractivity contribution in [3.8, 4) is 0 Å². The van der Waals surface area contributed by atoms with Crippen molar-refractivity contribution in [1.82, 2.24) is 15.1 Å². The van der Waals surface area contributed by atoms with E-state index < -0.39 is 6.04 Å². The molecule has 1 saturated carbocycles. The minimum absolute atomic E-state index is 0.0206. The number of nitrogens with zero attached hydrogens (tertiary/aromatic N) is 2. The monoisotopic (exact) mass is 456 g/mol. The highest BCUT2D eigenvalue weighted by atomic mass is 16.2. The van der Waals surface area contributed by atoms with Crippen LogP contribution in [0.15, 0.2) is 24.3 Å². The number of benzene rings is 1. The van der Waals surface area contributed by atoms with Gasteiger partial charge in [0.05, 0.1) is 0 Å². The van der Waals surface area contributed by atoms with Crippen LogP contribution in [-0.2, 0) is 9.59 Å². The number of rotatable bonds is 7. The Morgan fingerprint density at radius 2 is 1.85 bits per heavy atom. The first kappa shape index (κ1) is 25.1. The highest BCUT2D eigenvalue weighted by molar-refractivity contribution is 5.94. The van der Waals surface area contributed by atoms with Crippen LogP contribution in [0.4, 0.5) is 10.5 Å². The minimum atomic E-state index is -0.619. The normalized spacial score (nSPS) is 20.1. The van der Waals surface area contributed by atoms with E-state index in [-0.39, 0.29) is 29.8 Å². The highest BCUT2D eigenvalue weighted by Crippen LogP contribution is 2.29. The van der Waals surface area contributed by atoms with Gasteiger partial charge in [-0.05, 0) is 49.8 Å². The van der Waals surface area contributed by atoms with Crippen LogP contribution in [0.1, 0.15) is 64.9 Å². The van der Waals surface area contributed by atoms with Gasteiger partial charge in [0.1, 0.15) is 6.04 Å². The molecule has 1 saturated heterocycles. The van der Waals surface area contributed by atoms with Crippen molar-refractivity contribution in [3.63, 3.8) is 0 Å². The standard InChI is InChI=1S/C26H40N4O3/c1-18(2)24(28-26(33)27-22-11-7-8-19(3)16-22)25(32)29-14-15-30(20(4)17-29)23(31)13-12-21-9-5-6-10-21/h7-8,11,16,18,20-21,24H,5-6,9-10,12-15,17H2,1-4H3,(H2,27,28,33). The molecule has 2 N–H and O–H groups in total. The zero-order valence-electron chi connectivity index (χ0n) is 20.6. The van der Waals surface area contributed by atoms with E-state index in [4.69, 9.17) is 0 Å². The summed E-state index contributed by atoms with van der Waals surface area (Å²) in [5.41, 5.74) is 1.75. The topological polar surface area (TPSA) is 81.8 Å². The van der Waals surface area contributed by atoms with Gasteiger partial charge in [0.25, 0.3) is 0 Å². The molecular formula is C26H40N4O3. The van der Waals surface area contributed by atoms with Crippen LogP contribution in [0.25, 0.3) is 0 Å². The van der Waals surface area contributed by atoms with Gasteiger partial charge in [0.2, 0.25) is 11.8 Å². The molecule has 33 heavy (non-hydrogen) atoms. The number of nitrogens with one attached hydrogen (secondary N) is 2. The average molecular weight is 457 g/mol. The van der Waals surface area contributed by atoms with E-state index in [2.05, 4.69) is 10.6 Å². The Bertz CT molecular complexity index is 835. The first-order valence-electron chi connectivity index (χ1n) is 12.5. The Hall–Kier alpha value is -2.57. The van der Waals surface area contributed by atoms with Crippen LogP contribution < -0.4 is 10.6 Å². The maximum Gasteiger partial charge on any atom is 0.319 e. The molecule has 1 aliphatic heterocycles. The summed E-state index contributed by atoms with van der Waals surface area (Å²) in [6, 6.07) is 6.52. The van der Waals surface area contributed by atoms with Crippen molar-refractivity contribution in [2.75, 3.05) is 25.0 Å². The van der Waals surface area contributed by atoms with Crippen LogP contribution in [0.3, 0.4) is 0 Å². The Morgan fingerprint density at radius 3 is 2.48 bits per heavy atom. The minimum Gasteiger partial charge on any atom is -0.337 e. The van der Waals surface area contributed by atoms with Crippen LogP contribution in [0, 0.1) is 18.8 Å². The van der Waals surface area contributed by atoms with E-state index in [9.17, 15) is 14.4 Å². The summed E-state index contributed by atoms with van der Waals surface area (Å²) in [5.74, 6) is 0.768. The van der Waals surface area contributed by atoms with Gasteiger partial charge in [-0.15, -0.1) is 0 Å². The lowest BCUT2D eigenvalue weighted by Gasteiger charge is -2.41. The molecule has 2 fully saturated rings. The zero-order valence-corrected chi connectivity index (χ0v) is 20.6. The molecule has 7 heteroatoms. The lowest BCUT2D eigenvalue weighted by Crippen LogP contribution is -2.60. The Kier molecular flexibility index (Phi) is 8.75. The van der Waals surface area contributed by atoms with Crippen molar-refractivity contribution in [1.29, 1.82) is 0 Å². The smallest absolute Gasteiger partial charge is 0.319 e. The molecule has 0 radical (unpaired) electrons. The van der Waals surface area contributed by atoms with E-state index in [1.54, 1.807) is 4.90 Å². The first-order valence-corrected chi connectivity index (χ1v) is 12.5. The Labute approximate surface area is 198 Å². The molecule has 1 aromatic carbocycles. The summed E-state index contributed by atoms with van der Waals surface area (Å²) < 4.78 is 0. The first-order chi connectivity index (χ1) is 15.7. The van der Waals surface area contributed by atoms with Gasteiger partial charge in [-0.25, -0.2) is 4.79 Å². The number of hydrogen-bond acceptors (Lipinski definition) is 3. The summed E-state index contributed by atoms with van der Waals surface area (Å²) in [5, 5.41) is 5.68. The molecule has 2 unspecified atom stereocenters. The van der Waals surface area contributed by atoms with E-state index in [1.807, 2.05) is 56.9 Å². The highest BCUT2D eigenvalue weighted by Gasteiger charge is 2.34. The quantitative estimate of drug-likeness (QED) is 0.646. The number of piperazine rings is 1. The molecule has 0 aromatic heterocycles. The van der Waals surface area contributed by atoms with Gasteiger partial charge >= 0.3 is 6.03 Å². The van der Waals surface area contributed by atoms with Gasteiger partial charge in [-0.1, -0.05) is 51.7 Å². The maximum atomic E-state index is 13.3. The van der Waals surface area contributed by atoms with E-state index in [0.29, 0.717) is 37.7 Å². The van der Waals surface area contributed by atoms with Gasteiger partial charge in [-0.3, -0.25) is 9.59 Å². The van der Waals surface area contributed by atoms with Crippen LogP contribution in [0.2, 0.25) is 0 Å². The van der Waals surface area contributed by atoms with Gasteiger partial charge in [-0.2, -0.15) is 0 Å². The summed E-state index contributed by atoms with van der Waals surface area (Å²) >= 11 is 0. The fraction of sp³-hybridized carbons (Fsp3) is 0.654. The fourth-order valence-corrected chi connectivity index (χ4v) is 5.04. The molecule has 0 bridgehead atoms. The third-order valence-corrected chi connectivity index (χ3v) is 7.00. The van der Waals surface area contributed by atoms with Gasteiger partial charge in [0, 0.05) is 37.8 Å². The molecule has 7 nitrogen and oxygen atoms in total. The second kappa shape index (κ2) is 11.5. The molecule has 2 aliphatic rings. The summed E-state index contributed by atoms with van der Waals surface area (Å²) in [6.45, 7) is 9.39. The van der Waals surface area contributed by atoms with E-state index >= 15 is 0 Å². The maximum absolute atomic E-state index is 13.3. The lowest BCUT2D eigenvalue weighted by molar-refractivity contribution is -0.144. The third kappa shape index (κ3) is 6.95. The second-order valence-electron chi connectivity index (χ2n) is 10.1. The molecule has 1 aromatic rings. The Balaban J connectivity index is 1.52. The predicted octanol–water partition coefficient (Wildman–Crippen LogP) is 4.17. The number of aryl methyl sites for hydroxylation is 1. The van der Waals surface area contributed by atoms with Crippen molar-refractivity contribution in [2.24, 2.45) is 11.8 Å². The molecule has 1 aliphatic carbocycles. The molecule has 182 valence electrons. The molecule has 4 amide bonds. The van der Waals surface area contributed by atoms with Crippen molar-refractivity contribution in [3.05, 3.63) is 29.8 Å². The summed E-state index contributed by atoms with van der Waals surface area (Å²) in [4.78, 5) is 42.4. The van der Waals surface area contributed by atoms with E-state index in [1.165, 1.54) is 25.7 Å². The third-order valence-electron chi connectivity index (χ3n) is 7.00. The SMILES string of the molecule is Cc1cccc(NC(=O)NC(C(=O)N2CCN(C(=O)CCC3CCCC3)C(C)C2)C(C)C)c1. The van der Waals surface area contributed by atoms with Crippen molar-refractivity contribution >= 4 is 23.5 Å². The lowest BCUT2D eigenvalue weighted by atomic mass is 10.00. The van der Waals surface area contributed by atoms with Crippen molar-refractivity contribution < 1.29 is 14.4 Å². The number of hydrogen-bond donors (Lipinski definition) is 2. The number of amides is 4. The summed E-state index contributed by atoms with van der Waals surface area (Å²) in [7, 11) is 0. The summed E-state index contributed by atoms with van der Waals surface area (Å²) in [6.07, 6.45) is 6.70. The van der Waals surface area contributed by atoms with Crippen LogP contribution >= 0.6 is 0 Å². The second-order valence-corrected chi connectivity index (χ2v) is 10.1. The molecular weight excluding hydrogens is 416 g/mol. The molecule has 0 spiro atoms. The van der Waals surface area contributed by atoms with Gasteiger partial charge in [0.15, 0.2) is 0 Å². The number of anilines is 1. The average Bonchev–Trinajstić information content (AvgIpc) is 3.29. The van der Waals surface area contributed by atoms with E-state index in [0.717, 1.165) is 12.0 Å². The van der Waals surface area contributed by atoms with Crippen LogP contribution in [0.5, 0.6) is 0 Å². The zero-order chi connectivity index (χ0) is 24.0. The molecule has 1 heterocycles. The molecule has 3 rings (SSSR count). The fourth-order valence-electron chi connectivity index (χ4n) is 5.04. The Morgan fingerprint density at radius 1 is 1.12 bits per heavy atom. The molecule has 2 atom stereocenters. The largest absolute Gasteiger partial charge is 0.337 e. The number of carbonyl (C=O) groups is 3. The predicted molar refractivity (Wildman–Crippen MR) is 131 cm³/mol. The van der Waals surface area contributed by atoms with Gasteiger partial charge < -0.3 is 20.4 Å².